The van der Waals surface area contributed by atoms with Crippen molar-refractivity contribution in [3.63, 3.8) is 0 Å². The minimum absolute atomic E-state index is 0.0506. The number of aromatic amines is 1. The highest BCUT2D eigenvalue weighted by atomic mass is 16.3. The molecule has 5 nitrogen and oxygen atoms in total. The first-order valence-corrected chi connectivity index (χ1v) is 7.58. The molecule has 21 heavy (non-hydrogen) atoms. The first kappa shape index (κ1) is 17.3. The molecule has 0 spiro atoms. The van der Waals surface area contributed by atoms with Crippen molar-refractivity contribution in [1.29, 1.82) is 0 Å². The van der Waals surface area contributed by atoms with Gasteiger partial charge in [0.1, 0.15) is 0 Å². The number of nitrogens with zero attached hydrogens (tertiary/aromatic N) is 2. The lowest BCUT2D eigenvalue weighted by atomic mass is 10.1. The number of hydrogen-bond acceptors (Lipinski definition) is 3. The average molecular weight is 293 g/mol. The minimum Gasteiger partial charge on any atom is -0.493 e. The highest BCUT2D eigenvalue weighted by Gasteiger charge is 2.14. The van der Waals surface area contributed by atoms with Crippen LogP contribution in [0.4, 0.5) is 0 Å². The van der Waals surface area contributed by atoms with Gasteiger partial charge in [0.05, 0.1) is 12.4 Å². The zero-order valence-electron chi connectivity index (χ0n) is 13.0. The van der Waals surface area contributed by atoms with E-state index in [0.717, 1.165) is 12.8 Å². The summed E-state index contributed by atoms with van der Waals surface area (Å²) in [7, 11) is 0. The third-order valence-corrected chi connectivity index (χ3v) is 3.42. The Balaban J connectivity index is 2.74. The minimum atomic E-state index is -0.267. The maximum atomic E-state index is 12.0. The van der Waals surface area contributed by atoms with Crippen molar-refractivity contribution in [3.05, 3.63) is 41.5 Å². The molecule has 0 saturated carbocycles. The number of H-pyrrole nitrogens is 1. The summed E-state index contributed by atoms with van der Waals surface area (Å²) in [5.74, 6) is 0.0506. The molecule has 0 fully saturated rings. The molecular formula is C16H27N3O2. The zero-order chi connectivity index (χ0) is 15.7. The van der Waals surface area contributed by atoms with Gasteiger partial charge < -0.3 is 10.1 Å². The third kappa shape index (κ3) is 5.27. The average Bonchev–Trinajstić information content (AvgIpc) is 2.72. The number of hydrogen-bond donors (Lipinski definition) is 2. The molecule has 0 aliphatic carbocycles. The Morgan fingerprint density at radius 2 is 1.90 bits per heavy atom. The van der Waals surface area contributed by atoms with Gasteiger partial charge in [-0.3, -0.25) is 4.90 Å². The van der Waals surface area contributed by atoms with Gasteiger partial charge in [-0.15, -0.1) is 13.2 Å². The van der Waals surface area contributed by atoms with Crippen molar-refractivity contribution in [1.82, 2.24) is 14.5 Å². The number of rotatable bonds is 11. The van der Waals surface area contributed by atoms with Crippen LogP contribution in [-0.2, 0) is 13.1 Å². The normalized spacial score (nSPS) is 11.0. The molecule has 0 amide bonds. The highest BCUT2D eigenvalue weighted by Crippen LogP contribution is 2.16. The first-order valence-electron chi connectivity index (χ1n) is 7.58. The quantitative estimate of drug-likeness (QED) is 0.487. The molecule has 0 saturated heterocycles. The van der Waals surface area contributed by atoms with E-state index in [9.17, 15) is 9.90 Å². The first-order chi connectivity index (χ1) is 10.1. The Hall–Kier alpha value is -1.75. The molecular weight excluding hydrogens is 266 g/mol. The smallest absolute Gasteiger partial charge is 0.329 e. The van der Waals surface area contributed by atoms with Gasteiger partial charge in [0.15, 0.2) is 0 Å². The SMILES string of the molecule is C=CCN(CC=C)Cn1c(O)c(CCCCCC)[nH]c1=O. The summed E-state index contributed by atoms with van der Waals surface area (Å²) in [6.45, 7) is 11.1. The van der Waals surface area contributed by atoms with Gasteiger partial charge in [0, 0.05) is 13.1 Å². The number of unbranched alkanes of at least 4 members (excludes halogenated alkanes) is 3. The van der Waals surface area contributed by atoms with Crippen LogP contribution in [-0.4, -0.2) is 32.6 Å². The fourth-order valence-corrected chi connectivity index (χ4v) is 2.30. The zero-order valence-corrected chi connectivity index (χ0v) is 13.0. The van der Waals surface area contributed by atoms with Gasteiger partial charge in [0.25, 0.3) is 0 Å². The number of aromatic nitrogens is 2. The number of imidazole rings is 1. The Morgan fingerprint density at radius 1 is 1.24 bits per heavy atom. The number of aryl methyl sites for hydroxylation is 1. The van der Waals surface area contributed by atoms with Gasteiger partial charge in [-0.2, -0.15) is 0 Å². The molecule has 1 rings (SSSR count). The molecule has 5 heteroatoms. The standard InChI is InChI=1S/C16H27N3O2/c1-4-7-8-9-10-14-15(20)19(16(21)17-14)13-18(11-5-2)12-6-3/h5-6,20H,2-4,7-13H2,1H3,(H,17,21). The molecule has 118 valence electrons. The van der Waals surface area contributed by atoms with Crippen molar-refractivity contribution in [2.24, 2.45) is 0 Å². The maximum Gasteiger partial charge on any atom is 0.329 e. The van der Waals surface area contributed by atoms with Gasteiger partial charge >= 0.3 is 5.69 Å². The van der Waals surface area contributed by atoms with Gasteiger partial charge in [-0.1, -0.05) is 38.3 Å². The van der Waals surface area contributed by atoms with Crippen LogP contribution < -0.4 is 5.69 Å². The van der Waals surface area contributed by atoms with Crippen LogP contribution in [0.2, 0.25) is 0 Å². The maximum absolute atomic E-state index is 12.0. The molecule has 0 aliphatic rings. The Labute approximate surface area is 126 Å². The molecule has 0 aromatic carbocycles. The van der Waals surface area contributed by atoms with Crippen molar-refractivity contribution in [2.75, 3.05) is 13.1 Å². The van der Waals surface area contributed by atoms with Crippen LogP contribution in [0, 0.1) is 0 Å². The fraction of sp³-hybridized carbons (Fsp3) is 0.562. The van der Waals surface area contributed by atoms with Crippen molar-refractivity contribution >= 4 is 0 Å². The van der Waals surface area contributed by atoms with Crippen molar-refractivity contribution in [2.45, 2.75) is 45.7 Å². The summed E-state index contributed by atoms with van der Waals surface area (Å²) in [5, 5.41) is 10.2. The lowest BCUT2D eigenvalue weighted by Crippen LogP contribution is -2.31. The van der Waals surface area contributed by atoms with E-state index >= 15 is 0 Å². The Morgan fingerprint density at radius 3 is 2.48 bits per heavy atom. The summed E-state index contributed by atoms with van der Waals surface area (Å²) >= 11 is 0. The van der Waals surface area contributed by atoms with Gasteiger partial charge in [-0.05, 0) is 12.8 Å². The van der Waals surface area contributed by atoms with Crippen LogP contribution in [0.25, 0.3) is 0 Å². The van der Waals surface area contributed by atoms with E-state index in [-0.39, 0.29) is 11.6 Å². The Kier molecular flexibility index (Phi) is 7.61. The molecule has 0 aliphatic heterocycles. The van der Waals surface area contributed by atoms with Crippen molar-refractivity contribution < 1.29 is 5.11 Å². The number of aromatic hydroxyl groups is 1. The Bertz CT molecular complexity index is 492. The predicted molar refractivity (Wildman–Crippen MR) is 86.5 cm³/mol. The highest BCUT2D eigenvalue weighted by molar-refractivity contribution is 5.18. The molecule has 0 radical (unpaired) electrons. The molecule has 0 atom stereocenters. The van der Waals surface area contributed by atoms with E-state index in [0.29, 0.717) is 31.9 Å². The van der Waals surface area contributed by atoms with E-state index in [1.54, 1.807) is 12.2 Å². The van der Waals surface area contributed by atoms with Crippen LogP contribution in [0.15, 0.2) is 30.1 Å². The lowest BCUT2D eigenvalue weighted by molar-refractivity contribution is 0.246. The van der Waals surface area contributed by atoms with Crippen LogP contribution in [0.5, 0.6) is 5.88 Å². The van der Waals surface area contributed by atoms with Crippen LogP contribution in [0.3, 0.4) is 0 Å². The molecule has 0 unspecified atom stereocenters. The monoisotopic (exact) mass is 293 g/mol. The van der Waals surface area contributed by atoms with E-state index in [1.165, 1.54) is 17.4 Å². The molecule has 2 N–H and O–H groups in total. The summed E-state index contributed by atoms with van der Waals surface area (Å²) in [4.78, 5) is 16.7. The lowest BCUT2D eigenvalue weighted by Gasteiger charge is -2.19. The largest absolute Gasteiger partial charge is 0.493 e. The van der Waals surface area contributed by atoms with Gasteiger partial charge in [0.2, 0.25) is 5.88 Å². The molecule has 0 bridgehead atoms. The topological polar surface area (TPSA) is 61.3 Å². The summed E-state index contributed by atoms with van der Waals surface area (Å²) in [5.41, 5.74) is 0.365. The molecule has 1 aromatic rings. The predicted octanol–water partition coefficient (Wildman–Crippen LogP) is 2.64. The summed E-state index contributed by atoms with van der Waals surface area (Å²) < 4.78 is 1.36. The molecule has 1 heterocycles. The molecule has 1 aromatic heterocycles. The fourth-order valence-electron chi connectivity index (χ4n) is 2.30. The summed E-state index contributed by atoms with van der Waals surface area (Å²) in [6, 6.07) is 0. The summed E-state index contributed by atoms with van der Waals surface area (Å²) in [6.07, 6.45) is 8.68. The van der Waals surface area contributed by atoms with Crippen molar-refractivity contribution in [3.8, 4) is 5.88 Å². The van der Waals surface area contributed by atoms with E-state index < -0.39 is 0 Å². The second-order valence-electron chi connectivity index (χ2n) is 5.23. The number of nitrogens with one attached hydrogen (secondary N) is 1. The van der Waals surface area contributed by atoms with Crippen LogP contribution in [0.1, 0.15) is 38.3 Å². The van der Waals surface area contributed by atoms with Crippen LogP contribution >= 0.6 is 0 Å². The second kappa shape index (κ2) is 9.23. The second-order valence-corrected chi connectivity index (χ2v) is 5.23. The van der Waals surface area contributed by atoms with E-state index in [2.05, 4.69) is 25.1 Å². The van der Waals surface area contributed by atoms with Gasteiger partial charge in [-0.25, -0.2) is 9.36 Å². The van der Waals surface area contributed by atoms with E-state index in [4.69, 9.17) is 0 Å². The van der Waals surface area contributed by atoms with E-state index in [1.807, 2.05) is 4.90 Å². The third-order valence-electron chi connectivity index (χ3n) is 3.42.